The zero-order valence-electron chi connectivity index (χ0n) is 13.4. The fourth-order valence-corrected chi connectivity index (χ4v) is 3.31. The van der Waals surface area contributed by atoms with Crippen molar-refractivity contribution in [2.75, 3.05) is 23.3 Å². The SMILES string of the molecule is O=Cc1ccc(N2CCC(C(=O)Nc3ncc(F)cc3Br)CC2)cc1. The Hall–Kier alpha value is -2.28. The van der Waals surface area contributed by atoms with Gasteiger partial charge in [-0.25, -0.2) is 9.37 Å². The molecule has 7 heteroatoms. The van der Waals surface area contributed by atoms with Crippen LogP contribution in [0.5, 0.6) is 0 Å². The van der Waals surface area contributed by atoms with E-state index in [1.807, 2.05) is 12.1 Å². The number of benzene rings is 1. The number of piperidine rings is 1. The fraction of sp³-hybridized carbons (Fsp3) is 0.278. The standard InChI is InChI=1S/C18H17BrFN3O2/c19-16-9-14(20)10-21-17(16)22-18(25)13-5-7-23(8-6-13)15-3-1-12(11-24)2-4-15/h1-4,9-11,13H,5-8H2,(H,21,22,25). The molecule has 0 aliphatic carbocycles. The summed E-state index contributed by atoms with van der Waals surface area (Å²) < 4.78 is 13.5. The molecule has 1 aliphatic heterocycles. The molecule has 1 saturated heterocycles. The number of anilines is 2. The highest BCUT2D eigenvalue weighted by Gasteiger charge is 2.25. The summed E-state index contributed by atoms with van der Waals surface area (Å²) in [5.74, 6) is -0.336. The van der Waals surface area contributed by atoms with Gasteiger partial charge in [0.2, 0.25) is 5.91 Å². The Balaban J connectivity index is 1.57. The van der Waals surface area contributed by atoms with E-state index < -0.39 is 5.82 Å². The Morgan fingerprint density at radius 2 is 1.96 bits per heavy atom. The highest BCUT2D eigenvalue weighted by molar-refractivity contribution is 9.10. The van der Waals surface area contributed by atoms with E-state index in [0.29, 0.717) is 15.9 Å². The van der Waals surface area contributed by atoms with Crippen LogP contribution in [0.2, 0.25) is 0 Å². The second kappa shape index (κ2) is 7.74. The molecular weight excluding hydrogens is 389 g/mol. The minimum atomic E-state index is -0.459. The van der Waals surface area contributed by atoms with Gasteiger partial charge < -0.3 is 10.2 Å². The minimum absolute atomic E-state index is 0.101. The predicted octanol–water partition coefficient (Wildman–Crippen LogP) is 3.65. The summed E-state index contributed by atoms with van der Waals surface area (Å²) in [5, 5.41) is 2.76. The van der Waals surface area contributed by atoms with Crippen LogP contribution in [0.3, 0.4) is 0 Å². The summed E-state index contributed by atoms with van der Waals surface area (Å²) in [7, 11) is 0. The Labute approximate surface area is 153 Å². The van der Waals surface area contributed by atoms with E-state index in [1.165, 1.54) is 6.07 Å². The molecule has 0 unspecified atom stereocenters. The lowest BCUT2D eigenvalue weighted by Crippen LogP contribution is -2.38. The summed E-state index contributed by atoms with van der Waals surface area (Å²) in [5.41, 5.74) is 1.70. The summed E-state index contributed by atoms with van der Waals surface area (Å²) in [6.07, 6.45) is 3.34. The lowest BCUT2D eigenvalue weighted by atomic mass is 9.95. The van der Waals surface area contributed by atoms with E-state index >= 15 is 0 Å². The highest BCUT2D eigenvalue weighted by atomic mass is 79.9. The minimum Gasteiger partial charge on any atom is -0.371 e. The second-order valence-electron chi connectivity index (χ2n) is 5.94. The quantitative estimate of drug-likeness (QED) is 0.788. The van der Waals surface area contributed by atoms with Gasteiger partial charge in [-0.3, -0.25) is 9.59 Å². The van der Waals surface area contributed by atoms with Gasteiger partial charge in [0.25, 0.3) is 0 Å². The Kier molecular flexibility index (Phi) is 5.43. The Bertz CT molecular complexity index is 774. The van der Waals surface area contributed by atoms with Crippen LogP contribution in [-0.2, 0) is 4.79 Å². The molecule has 130 valence electrons. The Morgan fingerprint density at radius 1 is 1.28 bits per heavy atom. The molecule has 0 saturated carbocycles. The van der Waals surface area contributed by atoms with Gasteiger partial charge >= 0.3 is 0 Å². The van der Waals surface area contributed by atoms with Gasteiger partial charge in [-0.05, 0) is 59.1 Å². The molecule has 2 heterocycles. The van der Waals surface area contributed by atoms with E-state index in [4.69, 9.17) is 0 Å². The second-order valence-corrected chi connectivity index (χ2v) is 6.80. The maximum Gasteiger partial charge on any atom is 0.228 e. The largest absolute Gasteiger partial charge is 0.371 e. The van der Waals surface area contributed by atoms with E-state index in [-0.39, 0.29) is 11.8 Å². The maximum absolute atomic E-state index is 13.1. The topological polar surface area (TPSA) is 62.3 Å². The number of halogens is 2. The van der Waals surface area contributed by atoms with Crippen LogP contribution in [-0.4, -0.2) is 30.3 Å². The first kappa shape index (κ1) is 17.5. The molecular formula is C18H17BrFN3O2. The van der Waals surface area contributed by atoms with Crippen molar-refractivity contribution in [2.24, 2.45) is 5.92 Å². The zero-order chi connectivity index (χ0) is 17.8. The van der Waals surface area contributed by atoms with E-state index in [0.717, 1.165) is 44.1 Å². The van der Waals surface area contributed by atoms with Gasteiger partial charge in [0, 0.05) is 30.3 Å². The predicted molar refractivity (Wildman–Crippen MR) is 97.3 cm³/mol. The number of amides is 1. The molecule has 1 fully saturated rings. The lowest BCUT2D eigenvalue weighted by Gasteiger charge is -2.33. The number of hydrogen-bond donors (Lipinski definition) is 1. The molecule has 0 bridgehead atoms. The molecule has 1 aromatic heterocycles. The van der Waals surface area contributed by atoms with Gasteiger partial charge in [-0.15, -0.1) is 0 Å². The molecule has 3 rings (SSSR count). The van der Waals surface area contributed by atoms with Crippen LogP contribution in [0.4, 0.5) is 15.9 Å². The van der Waals surface area contributed by atoms with Crippen LogP contribution in [0.1, 0.15) is 23.2 Å². The molecule has 1 N–H and O–H groups in total. The van der Waals surface area contributed by atoms with Crippen molar-refractivity contribution in [3.8, 4) is 0 Å². The number of nitrogens with one attached hydrogen (secondary N) is 1. The first-order valence-corrected chi connectivity index (χ1v) is 8.78. The normalized spacial score (nSPS) is 15.0. The van der Waals surface area contributed by atoms with Crippen molar-refractivity contribution in [1.29, 1.82) is 0 Å². The third kappa shape index (κ3) is 4.22. The van der Waals surface area contributed by atoms with Crippen LogP contribution in [0, 0.1) is 11.7 Å². The zero-order valence-corrected chi connectivity index (χ0v) is 15.0. The van der Waals surface area contributed by atoms with Crippen molar-refractivity contribution >= 4 is 39.6 Å². The third-order valence-corrected chi connectivity index (χ3v) is 4.91. The highest BCUT2D eigenvalue weighted by Crippen LogP contribution is 2.26. The molecule has 1 aromatic carbocycles. The van der Waals surface area contributed by atoms with Crippen molar-refractivity contribution in [3.05, 3.63) is 52.4 Å². The number of hydrogen-bond acceptors (Lipinski definition) is 4. The molecule has 1 amide bonds. The number of pyridine rings is 1. The van der Waals surface area contributed by atoms with Crippen LogP contribution in [0.15, 0.2) is 41.0 Å². The smallest absolute Gasteiger partial charge is 0.228 e. The Morgan fingerprint density at radius 3 is 2.56 bits per heavy atom. The van der Waals surface area contributed by atoms with Crippen LogP contribution >= 0.6 is 15.9 Å². The number of rotatable bonds is 4. The molecule has 1 aliphatic rings. The monoisotopic (exact) mass is 405 g/mol. The lowest BCUT2D eigenvalue weighted by molar-refractivity contribution is -0.120. The molecule has 2 aromatic rings. The van der Waals surface area contributed by atoms with Crippen molar-refractivity contribution < 1.29 is 14.0 Å². The number of carbonyl (C=O) groups is 2. The van der Waals surface area contributed by atoms with E-state index in [2.05, 4.69) is 31.1 Å². The maximum atomic E-state index is 13.1. The molecule has 25 heavy (non-hydrogen) atoms. The van der Waals surface area contributed by atoms with Gasteiger partial charge in [0.05, 0.1) is 10.7 Å². The number of carbonyl (C=O) groups excluding carboxylic acids is 2. The molecule has 0 atom stereocenters. The van der Waals surface area contributed by atoms with Crippen molar-refractivity contribution in [2.45, 2.75) is 12.8 Å². The summed E-state index contributed by atoms with van der Waals surface area (Å²) in [6.45, 7) is 1.52. The van der Waals surface area contributed by atoms with Crippen LogP contribution in [0.25, 0.3) is 0 Å². The van der Waals surface area contributed by atoms with E-state index in [1.54, 1.807) is 12.1 Å². The average molecular weight is 406 g/mol. The van der Waals surface area contributed by atoms with Crippen LogP contribution < -0.4 is 10.2 Å². The van der Waals surface area contributed by atoms with Gasteiger partial charge in [-0.2, -0.15) is 0 Å². The average Bonchev–Trinajstić information content (AvgIpc) is 2.64. The summed E-state index contributed by atoms with van der Waals surface area (Å²) >= 11 is 3.20. The van der Waals surface area contributed by atoms with Gasteiger partial charge in [-0.1, -0.05) is 0 Å². The number of nitrogens with zero attached hydrogens (tertiary/aromatic N) is 2. The summed E-state index contributed by atoms with van der Waals surface area (Å²) in [4.78, 5) is 29.2. The van der Waals surface area contributed by atoms with E-state index in [9.17, 15) is 14.0 Å². The van der Waals surface area contributed by atoms with Crippen molar-refractivity contribution in [3.63, 3.8) is 0 Å². The third-order valence-electron chi connectivity index (χ3n) is 4.31. The first-order chi connectivity index (χ1) is 12.1. The summed E-state index contributed by atoms with van der Waals surface area (Å²) in [6, 6.07) is 8.69. The van der Waals surface area contributed by atoms with Gasteiger partial charge in [0.15, 0.2) is 0 Å². The molecule has 0 radical (unpaired) electrons. The van der Waals surface area contributed by atoms with Crippen molar-refractivity contribution in [1.82, 2.24) is 4.98 Å². The number of aromatic nitrogens is 1. The fourth-order valence-electron chi connectivity index (χ4n) is 2.89. The van der Waals surface area contributed by atoms with Gasteiger partial charge in [0.1, 0.15) is 17.9 Å². The number of aldehydes is 1. The first-order valence-electron chi connectivity index (χ1n) is 7.99. The molecule has 0 spiro atoms. The molecule has 5 nitrogen and oxygen atoms in total.